The molecule has 10 nitrogen and oxygen atoms in total. The summed E-state index contributed by atoms with van der Waals surface area (Å²) in [5, 5.41) is 14.4. The number of nitrogen functional groups attached to an aromatic ring is 1. The predicted molar refractivity (Wildman–Crippen MR) is 126 cm³/mol. The summed E-state index contributed by atoms with van der Waals surface area (Å²) < 4.78 is 7.83. The highest BCUT2D eigenvalue weighted by Gasteiger charge is 2.26. The highest BCUT2D eigenvalue weighted by atomic mass is 16.5. The Bertz CT molecular complexity index is 1280. The molecule has 0 atom stereocenters. The lowest BCUT2D eigenvalue weighted by Crippen LogP contribution is -2.41. The number of rotatable bonds is 6. The van der Waals surface area contributed by atoms with Crippen LogP contribution in [0, 0.1) is 0 Å². The van der Waals surface area contributed by atoms with Crippen LogP contribution >= 0.6 is 0 Å². The lowest BCUT2D eigenvalue weighted by atomic mass is 10.1. The summed E-state index contributed by atoms with van der Waals surface area (Å²) in [4.78, 5) is 22.2. The second-order valence-corrected chi connectivity index (χ2v) is 8.23. The van der Waals surface area contributed by atoms with E-state index in [1.165, 1.54) is 6.33 Å². The fraction of sp³-hybridized carbons (Fsp3) is 0.250. The number of hydrogen-bond donors (Lipinski definition) is 3. The van der Waals surface area contributed by atoms with Crippen LogP contribution in [0.15, 0.2) is 60.9 Å². The number of likely N-dealkylation sites (tertiary alicyclic amines) is 1. The van der Waals surface area contributed by atoms with Crippen molar-refractivity contribution in [2.75, 3.05) is 25.4 Å². The monoisotopic (exact) mass is 459 g/mol. The number of carbonyl (C=O) groups excluding carboxylic acids is 1. The number of piperidine rings is 1. The summed E-state index contributed by atoms with van der Waals surface area (Å²) in [7, 11) is 0. The molecule has 4 aromatic rings. The predicted octanol–water partition coefficient (Wildman–Crippen LogP) is 3.01. The minimum absolute atomic E-state index is 0.111. The summed E-state index contributed by atoms with van der Waals surface area (Å²) in [6.45, 7) is 1.59. The Hall–Kier alpha value is -4.02. The zero-order valence-electron chi connectivity index (χ0n) is 18.5. The number of hydrogen-bond acceptors (Lipinski definition) is 8. The van der Waals surface area contributed by atoms with Gasteiger partial charge in [-0.1, -0.05) is 18.2 Å². The molecular formula is C24H25N7O3. The fourth-order valence-electron chi connectivity index (χ4n) is 4.32. The number of para-hydroxylation sites is 1. The molecule has 0 unspecified atom stereocenters. The highest BCUT2D eigenvalue weighted by Crippen LogP contribution is 2.35. The summed E-state index contributed by atoms with van der Waals surface area (Å²) in [5.74, 6) is 1.46. The van der Waals surface area contributed by atoms with Gasteiger partial charge in [-0.2, -0.15) is 5.10 Å². The van der Waals surface area contributed by atoms with Gasteiger partial charge >= 0.3 is 0 Å². The topological polar surface area (TPSA) is 131 Å². The van der Waals surface area contributed by atoms with E-state index < -0.39 is 5.91 Å². The van der Waals surface area contributed by atoms with E-state index >= 15 is 0 Å². The molecule has 0 spiro atoms. The van der Waals surface area contributed by atoms with Crippen molar-refractivity contribution in [2.24, 2.45) is 0 Å². The first-order valence-corrected chi connectivity index (χ1v) is 11.1. The standard InChI is InChI=1S/C24H25N7O3/c25-23-21-22(16-6-8-19(9-7-16)34-18-4-2-1-3-5-18)28-31(24(21)27-15-26-23)17-10-12-30(13-11-17)14-20(32)29-33/h1-9,15,17,33H,10-14H2,(H,29,32)(H2,25,26,27). The number of fused-ring (bicyclic) bond motifs is 1. The first-order chi connectivity index (χ1) is 16.6. The van der Waals surface area contributed by atoms with Gasteiger partial charge < -0.3 is 10.5 Å². The number of benzene rings is 2. The Kier molecular flexibility index (Phi) is 6.07. The van der Waals surface area contributed by atoms with Crippen molar-refractivity contribution in [1.29, 1.82) is 0 Å². The van der Waals surface area contributed by atoms with Gasteiger partial charge in [0.25, 0.3) is 5.91 Å². The molecule has 1 saturated heterocycles. The van der Waals surface area contributed by atoms with E-state index in [1.54, 1.807) is 5.48 Å². The number of nitrogens with two attached hydrogens (primary N) is 1. The van der Waals surface area contributed by atoms with Crippen molar-refractivity contribution in [3.8, 4) is 22.8 Å². The normalized spacial score (nSPS) is 14.9. The SMILES string of the molecule is Nc1ncnc2c1c(-c1ccc(Oc3ccccc3)cc1)nn2C1CCN(CC(=O)NO)CC1. The van der Waals surface area contributed by atoms with Crippen LogP contribution < -0.4 is 16.0 Å². The Morgan fingerprint density at radius 1 is 1.06 bits per heavy atom. The van der Waals surface area contributed by atoms with E-state index in [2.05, 4.69) is 9.97 Å². The zero-order valence-corrected chi connectivity index (χ0v) is 18.5. The minimum Gasteiger partial charge on any atom is -0.457 e. The molecule has 0 saturated carbocycles. The third-order valence-corrected chi connectivity index (χ3v) is 6.02. The molecule has 34 heavy (non-hydrogen) atoms. The van der Waals surface area contributed by atoms with Gasteiger partial charge in [-0.25, -0.2) is 20.1 Å². The Labute approximate surface area is 195 Å². The summed E-state index contributed by atoms with van der Waals surface area (Å²) >= 11 is 0. The Morgan fingerprint density at radius 3 is 2.47 bits per heavy atom. The van der Waals surface area contributed by atoms with Gasteiger partial charge in [-0.05, 0) is 49.2 Å². The summed E-state index contributed by atoms with van der Waals surface area (Å²) in [6, 6.07) is 17.4. The van der Waals surface area contributed by atoms with E-state index in [4.69, 9.17) is 20.8 Å². The first kappa shape index (κ1) is 21.8. The molecule has 2 aromatic carbocycles. The molecule has 4 N–H and O–H groups in total. The largest absolute Gasteiger partial charge is 0.457 e. The first-order valence-electron chi connectivity index (χ1n) is 11.1. The molecule has 0 bridgehead atoms. The molecule has 2 aromatic heterocycles. The number of anilines is 1. The van der Waals surface area contributed by atoms with Gasteiger partial charge in [0.15, 0.2) is 5.65 Å². The number of hydroxylamine groups is 1. The third kappa shape index (κ3) is 4.41. The Morgan fingerprint density at radius 2 is 1.76 bits per heavy atom. The van der Waals surface area contributed by atoms with Crippen molar-refractivity contribution in [3.05, 3.63) is 60.9 Å². The molecule has 10 heteroatoms. The number of amides is 1. The number of nitrogens with one attached hydrogen (secondary N) is 1. The minimum atomic E-state index is -0.412. The molecule has 1 fully saturated rings. The van der Waals surface area contributed by atoms with Crippen molar-refractivity contribution in [2.45, 2.75) is 18.9 Å². The van der Waals surface area contributed by atoms with Crippen LogP contribution in [0.3, 0.4) is 0 Å². The second kappa shape index (κ2) is 9.46. The van der Waals surface area contributed by atoms with Crippen molar-refractivity contribution >= 4 is 22.8 Å². The zero-order chi connectivity index (χ0) is 23.5. The van der Waals surface area contributed by atoms with Crippen molar-refractivity contribution in [3.63, 3.8) is 0 Å². The number of nitrogens with zero attached hydrogens (tertiary/aromatic N) is 5. The quantitative estimate of drug-likeness (QED) is 0.296. The van der Waals surface area contributed by atoms with Gasteiger partial charge in [-0.3, -0.25) is 14.9 Å². The average molecular weight is 460 g/mol. The molecule has 1 aliphatic rings. The molecule has 1 aliphatic heterocycles. The molecule has 0 radical (unpaired) electrons. The van der Waals surface area contributed by atoms with Crippen LogP contribution in [0.4, 0.5) is 5.82 Å². The third-order valence-electron chi connectivity index (χ3n) is 6.02. The maximum absolute atomic E-state index is 11.5. The van der Waals surface area contributed by atoms with Crippen LogP contribution in [0.25, 0.3) is 22.3 Å². The lowest BCUT2D eigenvalue weighted by molar-refractivity contribution is -0.130. The van der Waals surface area contributed by atoms with Gasteiger partial charge in [0, 0.05) is 18.7 Å². The van der Waals surface area contributed by atoms with Gasteiger partial charge in [0.2, 0.25) is 0 Å². The molecule has 174 valence electrons. The smallest absolute Gasteiger partial charge is 0.257 e. The average Bonchev–Trinajstić information content (AvgIpc) is 3.26. The fourth-order valence-corrected chi connectivity index (χ4v) is 4.32. The lowest BCUT2D eigenvalue weighted by Gasteiger charge is -2.31. The van der Waals surface area contributed by atoms with E-state index in [-0.39, 0.29) is 12.6 Å². The van der Waals surface area contributed by atoms with E-state index in [0.29, 0.717) is 24.6 Å². The highest BCUT2D eigenvalue weighted by molar-refractivity contribution is 5.98. The summed E-state index contributed by atoms with van der Waals surface area (Å²) in [5.41, 5.74) is 10.3. The van der Waals surface area contributed by atoms with Crippen LogP contribution in [0.5, 0.6) is 11.5 Å². The number of ether oxygens (including phenoxy) is 1. The second-order valence-electron chi connectivity index (χ2n) is 8.23. The molecule has 5 rings (SSSR count). The van der Waals surface area contributed by atoms with Crippen LogP contribution in [-0.2, 0) is 4.79 Å². The van der Waals surface area contributed by atoms with Gasteiger partial charge in [0.1, 0.15) is 29.3 Å². The van der Waals surface area contributed by atoms with Crippen LogP contribution in [-0.4, -0.2) is 55.4 Å². The molecule has 3 heterocycles. The van der Waals surface area contributed by atoms with Crippen molar-refractivity contribution in [1.82, 2.24) is 30.1 Å². The van der Waals surface area contributed by atoms with Crippen LogP contribution in [0.2, 0.25) is 0 Å². The van der Waals surface area contributed by atoms with E-state index in [9.17, 15) is 4.79 Å². The van der Waals surface area contributed by atoms with Crippen LogP contribution in [0.1, 0.15) is 18.9 Å². The van der Waals surface area contributed by atoms with Gasteiger partial charge in [-0.15, -0.1) is 0 Å². The van der Waals surface area contributed by atoms with Crippen molar-refractivity contribution < 1.29 is 14.7 Å². The maximum Gasteiger partial charge on any atom is 0.257 e. The summed E-state index contributed by atoms with van der Waals surface area (Å²) in [6.07, 6.45) is 3.04. The number of aromatic nitrogens is 4. The molecule has 1 amide bonds. The Balaban J connectivity index is 1.41. The molecular weight excluding hydrogens is 434 g/mol. The molecule has 0 aliphatic carbocycles. The maximum atomic E-state index is 11.5. The van der Waals surface area contributed by atoms with E-state index in [1.807, 2.05) is 64.2 Å². The van der Waals surface area contributed by atoms with E-state index in [0.717, 1.165) is 41.0 Å². The number of carbonyl (C=O) groups is 1. The van der Waals surface area contributed by atoms with Gasteiger partial charge in [0.05, 0.1) is 18.0 Å².